The Labute approximate surface area is 113 Å². The Balaban J connectivity index is 2.18. The maximum atomic E-state index is 6.13. The van der Waals surface area contributed by atoms with Crippen LogP contribution in [0.5, 0.6) is 0 Å². The molecular weight excluding hydrogens is 250 g/mol. The number of ether oxygens (including phenoxy) is 1. The van der Waals surface area contributed by atoms with Gasteiger partial charge in [0.2, 0.25) is 0 Å². The van der Waals surface area contributed by atoms with E-state index in [1.807, 2.05) is 19.2 Å². The molecule has 0 aromatic carbocycles. The molecule has 0 spiro atoms. The molecule has 1 N–H and O–H groups in total. The van der Waals surface area contributed by atoms with E-state index in [0.717, 1.165) is 37.6 Å². The standard InChI is InChI=1S/C13H20ClN3O/c1-10-9-17(6-3-7-18-10)13-5-4-11(14)12(16-13)8-15-2/h4-5,10,15H,3,6-9H2,1-2H3. The van der Waals surface area contributed by atoms with E-state index in [0.29, 0.717) is 11.6 Å². The highest BCUT2D eigenvalue weighted by Gasteiger charge is 2.17. The van der Waals surface area contributed by atoms with Crippen LogP contribution < -0.4 is 10.2 Å². The van der Waals surface area contributed by atoms with Crippen LogP contribution in [0.3, 0.4) is 0 Å². The number of pyridine rings is 1. The summed E-state index contributed by atoms with van der Waals surface area (Å²) in [6.07, 6.45) is 1.29. The lowest BCUT2D eigenvalue weighted by Gasteiger charge is -2.23. The minimum atomic E-state index is 0.248. The van der Waals surface area contributed by atoms with E-state index in [1.165, 1.54) is 0 Å². The van der Waals surface area contributed by atoms with Crippen molar-refractivity contribution in [1.29, 1.82) is 0 Å². The maximum Gasteiger partial charge on any atom is 0.129 e. The predicted octanol–water partition coefficient (Wildman–Crippen LogP) is 2.07. The largest absolute Gasteiger partial charge is 0.377 e. The molecule has 1 aromatic rings. The minimum absolute atomic E-state index is 0.248. The van der Waals surface area contributed by atoms with Crippen LogP contribution in [-0.4, -0.2) is 37.8 Å². The topological polar surface area (TPSA) is 37.4 Å². The van der Waals surface area contributed by atoms with Crippen LogP contribution in [0, 0.1) is 0 Å². The van der Waals surface area contributed by atoms with Crippen molar-refractivity contribution in [3.05, 3.63) is 22.8 Å². The molecule has 0 saturated carbocycles. The molecule has 1 aliphatic rings. The van der Waals surface area contributed by atoms with Crippen LogP contribution in [0.25, 0.3) is 0 Å². The monoisotopic (exact) mass is 269 g/mol. The van der Waals surface area contributed by atoms with Crippen LogP contribution in [0.15, 0.2) is 12.1 Å². The second-order valence-corrected chi connectivity index (χ2v) is 5.02. The summed E-state index contributed by atoms with van der Waals surface area (Å²) in [4.78, 5) is 6.91. The van der Waals surface area contributed by atoms with E-state index in [4.69, 9.17) is 16.3 Å². The van der Waals surface area contributed by atoms with Gasteiger partial charge in [-0.1, -0.05) is 11.6 Å². The zero-order valence-electron chi connectivity index (χ0n) is 10.9. The summed E-state index contributed by atoms with van der Waals surface area (Å²) in [6.45, 7) is 5.48. The molecule has 4 nitrogen and oxygen atoms in total. The quantitative estimate of drug-likeness (QED) is 0.912. The third-order valence-electron chi connectivity index (χ3n) is 3.02. The Hall–Kier alpha value is -0.840. The molecule has 0 bridgehead atoms. The first-order valence-electron chi connectivity index (χ1n) is 6.37. The van der Waals surface area contributed by atoms with Crippen molar-refractivity contribution < 1.29 is 4.74 Å². The first-order chi connectivity index (χ1) is 8.70. The lowest BCUT2D eigenvalue weighted by molar-refractivity contribution is 0.0820. The number of aromatic nitrogens is 1. The van der Waals surface area contributed by atoms with Crippen LogP contribution in [-0.2, 0) is 11.3 Å². The molecule has 18 heavy (non-hydrogen) atoms. The molecule has 0 aliphatic carbocycles. The smallest absolute Gasteiger partial charge is 0.129 e. The molecule has 0 radical (unpaired) electrons. The highest BCUT2D eigenvalue weighted by Crippen LogP contribution is 2.21. The third-order valence-corrected chi connectivity index (χ3v) is 3.37. The van der Waals surface area contributed by atoms with Crippen LogP contribution in [0.1, 0.15) is 19.0 Å². The average molecular weight is 270 g/mol. The first-order valence-corrected chi connectivity index (χ1v) is 6.75. The van der Waals surface area contributed by atoms with Gasteiger partial charge in [-0.2, -0.15) is 0 Å². The molecular formula is C13H20ClN3O. The van der Waals surface area contributed by atoms with Crippen molar-refractivity contribution in [2.24, 2.45) is 0 Å². The van der Waals surface area contributed by atoms with Gasteiger partial charge in [0.25, 0.3) is 0 Å². The van der Waals surface area contributed by atoms with E-state index in [9.17, 15) is 0 Å². The maximum absolute atomic E-state index is 6.13. The van der Waals surface area contributed by atoms with E-state index in [1.54, 1.807) is 0 Å². The number of hydrogen-bond acceptors (Lipinski definition) is 4. The summed E-state index contributed by atoms with van der Waals surface area (Å²) in [5.74, 6) is 0.988. The summed E-state index contributed by atoms with van der Waals surface area (Å²) in [5.41, 5.74) is 0.898. The summed E-state index contributed by atoms with van der Waals surface area (Å²) in [7, 11) is 1.90. The van der Waals surface area contributed by atoms with Crippen LogP contribution in [0.4, 0.5) is 5.82 Å². The van der Waals surface area contributed by atoms with Crippen molar-refractivity contribution in [2.75, 3.05) is 31.6 Å². The zero-order chi connectivity index (χ0) is 13.0. The summed E-state index contributed by atoms with van der Waals surface area (Å²) in [5, 5.41) is 3.80. The van der Waals surface area contributed by atoms with Crippen LogP contribution >= 0.6 is 11.6 Å². The lowest BCUT2D eigenvalue weighted by atomic mass is 10.3. The molecule has 1 unspecified atom stereocenters. The molecule has 1 aromatic heterocycles. The molecule has 1 saturated heterocycles. The predicted molar refractivity (Wildman–Crippen MR) is 74.3 cm³/mol. The van der Waals surface area contributed by atoms with Crippen molar-refractivity contribution in [2.45, 2.75) is 26.0 Å². The molecule has 1 atom stereocenters. The van der Waals surface area contributed by atoms with Crippen molar-refractivity contribution in [3.8, 4) is 0 Å². The van der Waals surface area contributed by atoms with Gasteiger partial charge in [0.05, 0.1) is 16.8 Å². The molecule has 1 fully saturated rings. The Kier molecular flexibility index (Phi) is 4.80. The van der Waals surface area contributed by atoms with Gasteiger partial charge in [-0.15, -0.1) is 0 Å². The second kappa shape index (κ2) is 6.36. The highest BCUT2D eigenvalue weighted by atomic mass is 35.5. The third kappa shape index (κ3) is 3.34. The fourth-order valence-electron chi connectivity index (χ4n) is 2.14. The Morgan fingerprint density at radius 3 is 3.17 bits per heavy atom. The number of anilines is 1. The van der Waals surface area contributed by atoms with Gasteiger partial charge >= 0.3 is 0 Å². The summed E-state index contributed by atoms with van der Waals surface area (Å²) < 4.78 is 5.65. The number of nitrogens with zero attached hydrogens (tertiary/aromatic N) is 2. The summed E-state index contributed by atoms with van der Waals surface area (Å²) in [6, 6.07) is 3.91. The fraction of sp³-hybridized carbons (Fsp3) is 0.615. The molecule has 2 heterocycles. The number of halogens is 1. The number of nitrogens with one attached hydrogen (secondary N) is 1. The van der Waals surface area contributed by atoms with Crippen molar-refractivity contribution in [3.63, 3.8) is 0 Å². The Morgan fingerprint density at radius 2 is 2.39 bits per heavy atom. The van der Waals surface area contributed by atoms with E-state index in [-0.39, 0.29) is 6.10 Å². The van der Waals surface area contributed by atoms with Gasteiger partial charge < -0.3 is 15.0 Å². The first kappa shape index (κ1) is 13.6. The van der Waals surface area contributed by atoms with E-state index >= 15 is 0 Å². The van der Waals surface area contributed by atoms with E-state index < -0.39 is 0 Å². The molecule has 2 rings (SSSR count). The molecule has 1 aliphatic heterocycles. The van der Waals surface area contributed by atoms with Crippen LogP contribution in [0.2, 0.25) is 5.02 Å². The number of rotatable bonds is 3. The van der Waals surface area contributed by atoms with Gasteiger partial charge in [0.15, 0.2) is 0 Å². The van der Waals surface area contributed by atoms with Gasteiger partial charge in [-0.25, -0.2) is 4.98 Å². The van der Waals surface area contributed by atoms with Crippen molar-refractivity contribution in [1.82, 2.24) is 10.3 Å². The van der Waals surface area contributed by atoms with Gasteiger partial charge in [0, 0.05) is 26.2 Å². The van der Waals surface area contributed by atoms with Gasteiger partial charge in [-0.05, 0) is 32.5 Å². The molecule has 0 amide bonds. The minimum Gasteiger partial charge on any atom is -0.377 e. The number of hydrogen-bond donors (Lipinski definition) is 1. The average Bonchev–Trinajstić information content (AvgIpc) is 2.57. The molecule has 100 valence electrons. The Bertz CT molecular complexity index is 400. The van der Waals surface area contributed by atoms with Gasteiger partial charge in [0.1, 0.15) is 5.82 Å². The SMILES string of the molecule is CNCc1nc(N2CCCOC(C)C2)ccc1Cl. The Morgan fingerprint density at radius 1 is 1.56 bits per heavy atom. The zero-order valence-corrected chi connectivity index (χ0v) is 11.7. The van der Waals surface area contributed by atoms with E-state index in [2.05, 4.69) is 22.1 Å². The normalized spacial score (nSPS) is 20.8. The second-order valence-electron chi connectivity index (χ2n) is 4.61. The fourth-order valence-corrected chi connectivity index (χ4v) is 2.31. The highest BCUT2D eigenvalue weighted by molar-refractivity contribution is 6.31. The lowest BCUT2D eigenvalue weighted by Crippen LogP contribution is -2.31. The molecule has 5 heteroatoms. The van der Waals surface area contributed by atoms with Gasteiger partial charge in [-0.3, -0.25) is 0 Å². The van der Waals surface area contributed by atoms with Crippen molar-refractivity contribution >= 4 is 17.4 Å². The summed E-state index contributed by atoms with van der Waals surface area (Å²) >= 11 is 6.13.